The zero-order valence-corrected chi connectivity index (χ0v) is 36.1. The molecule has 0 spiro atoms. The number of carbonyl (C=O) groups excluding carboxylic acids is 5. The van der Waals surface area contributed by atoms with Crippen molar-refractivity contribution in [2.75, 3.05) is 60.1 Å². The van der Waals surface area contributed by atoms with Gasteiger partial charge in [-0.2, -0.15) is 0 Å². The number of likely N-dealkylation sites (N-methyl/N-ethyl adjacent to an activating group) is 1. The van der Waals surface area contributed by atoms with Gasteiger partial charge in [-0.1, -0.05) is 13.3 Å². The van der Waals surface area contributed by atoms with Crippen molar-refractivity contribution in [3.05, 3.63) is 40.4 Å². The molecule has 3 aliphatic rings. The molecule has 0 aliphatic carbocycles. The van der Waals surface area contributed by atoms with Gasteiger partial charge < -0.3 is 47.0 Å². The first-order valence-corrected chi connectivity index (χ1v) is 22.2. The maximum atomic E-state index is 16.7. The van der Waals surface area contributed by atoms with Gasteiger partial charge in [-0.25, -0.2) is 13.2 Å². The minimum absolute atomic E-state index is 0.0194. The number of imide groups is 1. The molecule has 3 N–H and O–H groups in total. The molecule has 1 saturated heterocycles. The van der Waals surface area contributed by atoms with Crippen molar-refractivity contribution in [2.45, 2.75) is 103 Å². The Labute approximate surface area is 346 Å². The third kappa shape index (κ3) is 13.4. The van der Waals surface area contributed by atoms with E-state index in [1.54, 1.807) is 13.0 Å². The number of hydroxylamine groups is 2. The average Bonchev–Trinajstić information content (AvgIpc) is 3.77. The van der Waals surface area contributed by atoms with Crippen LogP contribution in [-0.2, 0) is 45.3 Å². The number of aryl methyl sites for hydroxylation is 2. The lowest BCUT2D eigenvalue weighted by Crippen LogP contribution is -3.09. The molecule has 0 aromatic carbocycles. The number of hydrogen-bond acceptors (Lipinski definition) is 9. The summed E-state index contributed by atoms with van der Waals surface area (Å²) in [5.41, 5.74) is 3.20. The summed E-state index contributed by atoms with van der Waals surface area (Å²) in [6, 6.07) is 0.145. The Morgan fingerprint density at radius 2 is 1.69 bits per heavy atom. The van der Waals surface area contributed by atoms with E-state index in [2.05, 4.69) is 31.8 Å². The van der Waals surface area contributed by atoms with E-state index in [0.717, 1.165) is 55.3 Å². The Hall–Kier alpha value is -4.27. The van der Waals surface area contributed by atoms with E-state index >= 15 is 8.63 Å². The third-order valence-electron chi connectivity index (χ3n) is 10.7. The second-order valence-corrected chi connectivity index (χ2v) is 18.3. The number of quaternary nitrogens is 2. The Bertz CT molecular complexity index is 1960. The molecule has 3 aliphatic heterocycles. The van der Waals surface area contributed by atoms with E-state index in [9.17, 15) is 36.9 Å². The van der Waals surface area contributed by atoms with Gasteiger partial charge in [-0.15, -0.1) is 5.06 Å². The molecule has 0 bridgehead atoms. The zero-order valence-electron chi connectivity index (χ0n) is 35.2. The normalized spacial score (nSPS) is 17.3. The van der Waals surface area contributed by atoms with Crippen molar-refractivity contribution >= 4 is 58.5 Å². The summed E-state index contributed by atoms with van der Waals surface area (Å²) in [6.07, 6.45) is 8.70. The van der Waals surface area contributed by atoms with Crippen LogP contribution < -0.4 is 15.5 Å². The van der Waals surface area contributed by atoms with Gasteiger partial charge >= 0.3 is 12.9 Å². The van der Waals surface area contributed by atoms with E-state index in [0.29, 0.717) is 67.3 Å². The van der Waals surface area contributed by atoms with Crippen LogP contribution in [0.3, 0.4) is 0 Å². The highest BCUT2D eigenvalue weighted by atomic mass is 32.2. The first kappa shape index (κ1) is 47.4. The van der Waals surface area contributed by atoms with Crippen LogP contribution in [-0.4, -0.2) is 140 Å². The van der Waals surface area contributed by atoms with E-state index in [-0.39, 0.29) is 44.4 Å². The Morgan fingerprint density at radius 3 is 2.34 bits per heavy atom. The fourth-order valence-corrected chi connectivity index (χ4v) is 8.31. The fraction of sp³-hybridized carbons (Fsp3) is 0.641. The fourth-order valence-electron chi connectivity index (χ4n) is 7.67. The van der Waals surface area contributed by atoms with Crippen molar-refractivity contribution in [3.63, 3.8) is 0 Å². The van der Waals surface area contributed by atoms with E-state index in [4.69, 9.17) is 4.84 Å². The molecule has 0 saturated carbocycles. The number of aromatic nitrogens is 1. The number of nitrogens with one attached hydrogen (secondary N) is 3. The lowest BCUT2D eigenvalue weighted by atomic mass is 9.88. The standard InChI is InChI=1S/C39H60BF2N7O9S/c1-7-8-13-30-25-31(47-34(30)26-33-29(14-12-23-49(4,5)6)24-28(2)46(33)40(47,41)42)16-17-35(50)44-32(27-59(55,56)57)39(54)43-20-22-45(3)21-11-9-10-15-38(53)58-48-36(51)18-19-37(48)52/h24-26,32H,7-23,27H2,1-6H3,(H2-,43,44,50,54,55,56,57)/p+1. The van der Waals surface area contributed by atoms with Crippen LogP contribution in [0, 0.1) is 6.92 Å². The van der Waals surface area contributed by atoms with Crippen LogP contribution >= 0.6 is 0 Å². The highest BCUT2D eigenvalue weighted by Crippen LogP contribution is 2.39. The molecule has 328 valence electrons. The van der Waals surface area contributed by atoms with Crippen LogP contribution in [0.15, 0.2) is 23.4 Å². The van der Waals surface area contributed by atoms with Crippen LogP contribution in [0.25, 0.3) is 6.08 Å². The summed E-state index contributed by atoms with van der Waals surface area (Å²) >= 11 is 0. The van der Waals surface area contributed by atoms with Crippen LogP contribution in [0.1, 0.15) is 101 Å². The van der Waals surface area contributed by atoms with Gasteiger partial charge in [0.25, 0.3) is 11.8 Å². The highest BCUT2D eigenvalue weighted by molar-refractivity contribution is 7.85. The minimum atomic E-state index is -4.94. The number of rotatable bonds is 24. The molecule has 2 atom stereocenters. The Kier molecular flexibility index (Phi) is 16.3. The van der Waals surface area contributed by atoms with Crippen LogP contribution in [0.5, 0.6) is 0 Å². The smallest absolute Gasteiger partial charge is 0.737 e. The number of unbranched alkanes of at least 4 members (excludes halogenated alkanes) is 3. The molecular formula is C39H61BF2N7O9S+. The molecule has 4 rings (SSSR count). The molecule has 20 heteroatoms. The molecule has 59 heavy (non-hydrogen) atoms. The predicted molar refractivity (Wildman–Crippen MR) is 216 cm³/mol. The van der Waals surface area contributed by atoms with Crippen molar-refractivity contribution in [3.8, 4) is 0 Å². The lowest BCUT2D eigenvalue weighted by Gasteiger charge is -2.31. The number of halogens is 2. The van der Waals surface area contributed by atoms with Gasteiger partial charge in [-0.3, -0.25) is 19.2 Å². The SMILES string of the molecule is CCCCC1=CC(CCC(=O)NC(CS(=O)(=O)[O-])C(=O)NCC[NH+](C)CCCCCC(=O)ON2C(=O)CCC2=O)=[N+]2C1=Cc1c(CCC[N+](C)(C)C)cc(C)n1[B-]2(F)F. The molecule has 16 nitrogen and oxygen atoms in total. The van der Waals surface area contributed by atoms with Gasteiger partial charge in [0.2, 0.25) is 11.8 Å². The molecule has 4 amide bonds. The number of nitrogens with zero attached hydrogens (tertiary/aromatic N) is 4. The van der Waals surface area contributed by atoms with E-state index in [1.807, 2.05) is 26.1 Å². The summed E-state index contributed by atoms with van der Waals surface area (Å²) in [5.74, 6) is -4.55. The first-order chi connectivity index (χ1) is 27.6. The quantitative estimate of drug-likeness (QED) is 0.0451. The van der Waals surface area contributed by atoms with E-state index in [1.165, 1.54) is 0 Å². The van der Waals surface area contributed by atoms with Crippen molar-refractivity contribution in [1.82, 2.24) is 20.2 Å². The van der Waals surface area contributed by atoms with Gasteiger partial charge in [-0.05, 0) is 62.8 Å². The van der Waals surface area contributed by atoms with Gasteiger partial charge in [0.15, 0.2) is 5.70 Å². The second kappa shape index (κ2) is 20.3. The van der Waals surface area contributed by atoms with Gasteiger partial charge in [0.1, 0.15) is 11.8 Å². The summed E-state index contributed by atoms with van der Waals surface area (Å²) in [6.45, 7) is 1.44. The topological polar surface area (TPSA) is 191 Å². The molecule has 1 fully saturated rings. The van der Waals surface area contributed by atoms with Crippen molar-refractivity contribution in [1.29, 1.82) is 0 Å². The molecule has 4 heterocycles. The number of hydrogen-bond donors (Lipinski definition) is 3. The number of fused-ring (bicyclic) bond motifs is 2. The summed E-state index contributed by atoms with van der Waals surface area (Å²) in [5, 5.41) is 5.44. The van der Waals surface area contributed by atoms with Crippen molar-refractivity contribution < 1.29 is 64.3 Å². The maximum absolute atomic E-state index is 16.7. The Morgan fingerprint density at radius 1 is 1.00 bits per heavy atom. The molecule has 1 aromatic rings. The van der Waals surface area contributed by atoms with Crippen LogP contribution in [0.2, 0.25) is 0 Å². The van der Waals surface area contributed by atoms with Gasteiger partial charge in [0, 0.05) is 61.9 Å². The first-order valence-electron chi connectivity index (χ1n) is 20.6. The third-order valence-corrected chi connectivity index (χ3v) is 11.5. The van der Waals surface area contributed by atoms with Crippen molar-refractivity contribution in [2.24, 2.45) is 0 Å². The monoisotopic (exact) mass is 852 g/mol. The average molecular weight is 853 g/mol. The van der Waals surface area contributed by atoms with Crippen LogP contribution in [0.4, 0.5) is 8.63 Å². The summed E-state index contributed by atoms with van der Waals surface area (Å²) in [7, 11) is 3.20. The number of amides is 4. The van der Waals surface area contributed by atoms with E-state index < -0.39 is 58.5 Å². The molecule has 2 unspecified atom stereocenters. The van der Waals surface area contributed by atoms with Gasteiger partial charge in [0.05, 0.1) is 70.2 Å². The molecule has 1 aromatic heterocycles. The lowest BCUT2D eigenvalue weighted by molar-refractivity contribution is -0.878. The molecule has 0 radical (unpaired) electrons. The maximum Gasteiger partial charge on any atom is 0.737 e. The summed E-state index contributed by atoms with van der Waals surface area (Å²) < 4.78 is 71.4. The second-order valence-electron chi connectivity index (χ2n) is 16.9. The number of allylic oxidation sites excluding steroid dienone is 2. The minimum Gasteiger partial charge on any atom is -0.748 e. The molecular weight excluding hydrogens is 791 g/mol. The largest absolute Gasteiger partial charge is 0.748 e. The Balaban J connectivity index is 1.32. The zero-order chi connectivity index (χ0) is 43.7. The predicted octanol–water partition coefficient (Wildman–Crippen LogP) is 1.20. The summed E-state index contributed by atoms with van der Waals surface area (Å²) in [4.78, 5) is 67.3. The highest BCUT2D eigenvalue weighted by Gasteiger charge is 2.54. The number of carbonyl (C=O) groups is 5.